The van der Waals surface area contributed by atoms with Crippen molar-refractivity contribution in [2.75, 3.05) is 19.5 Å². The minimum absolute atomic E-state index is 0.0557. The van der Waals surface area contributed by atoms with Gasteiger partial charge in [0.05, 0.1) is 24.9 Å². The molecule has 0 aliphatic heterocycles. The summed E-state index contributed by atoms with van der Waals surface area (Å²) in [5.74, 6) is 0.314. The summed E-state index contributed by atoms with van der Waals surface area (Å²) in [4.78, 5) is 17.5. The maximum Gasteiger partial charge on any atom is 0.267 e. The van der Waals surface area contributed by atoms with Crippen molar-refractivity contribution in [3.63, 3.8) is 0 Å². The van der Waals surface area contributed by atoms with Gasteiger partial charge in [-0.2, -0.15) is 0 Å². The summed E-state index contributed by atoms with van der Waals surface area (Å²) in [6.45, 7) is 1.76. The fraction of sp³-hybridized carbons (Fsp3) is 0.158. The van der Waals surface area contributed by atoms with Gasteiger partial charge in [0.1, 0.15) is 15.7 Å². The molecule has 0 bridgehead atoms. The van der Waals surface area contributed by atoms with Crippen molar-refractivity contribution >= 4 is 34.5 Å². The Bertz CT molecular complexity index is 1010. The molecule has 1 heterocycles. The summed E-state index contributed by atoms with van der Waals surface area (Å²) in [5.41, 5.74) is 1.81. The molecule has 0 fully saturated rings. The Kier molecular flexibility index (Phi) is 5.62. The third-order valence-corrected chi connectivity index (χ3v) is 5.31. The molecule has 0 saturated carbocycles. The van der Waals surface area contributed by atoms with E-state index >= 15 is 0 Å². The first-order valence-corrected chi connectivity index (χ1v) is 9.08. The van der Waals surface area contributed by atoms with Gasteiger partial charge in [0.25, 0.3) is 5.91 Å². The molecular weight excluding hydrogens is 391 g/mol. The van der Waals surface area contributed by atoms with Crippen LogP contribution in [-0.4, -0.2) is 25.1 Å². The lowest BCUT2D eigenvalue weighted by Crippen LogP contribution is -2.11. The number of halogens is 2. The van der Waals surface area contributed by atoms with Crippen LogP contribution >= 0.6 is 22.9 Å². The summed E-state index contributed by atoms with van der Waals surface area (Å²) >= 11 is 7.01. The number of benzene rings is 2. The smallest absolute Gasteiger partial charge is 0.267 e. The number of ether oxygens (including phenoxy) is 2. The lowest BCUT2D eigenvalue weighted by Gasteiger charge is -2.08. The predicted octanol–water partition coefficient (Wildman–Crippen LogP) is 5.18. The van der Waals surface area contributed by atoms with E-state index in [0.717, 1.165) is 5.56 Å². The number of hydrogen-bond acceptors (Lipinski definition) is 5. The van der Waals surface area contributed by atoms with E-state index in [1.807, 2.05) is 6.07 Å². The number of thiazole rings is 1. The summed E-state index contributed by atoms with van der Waals surface area (Å²) in [5, 5.41) is 3.33. The van der Waals surface area contributed by atoms with Crippen molar-refractivity contribution in [3.05, 3.63) is 57.8 Å². The molecular formula is C19H16ClFN2O3S. The van der Waals surface area contributed by atoms with Crippen LogP contribution in [0.4, 0.5) is 10.1 Å². The van der Waals surface area contributed by atoms with Gasteiger partial charge in [0, 0.05) is 11.3 Å². The van der Waals surface area contributed by atoms with Crippen molar-refractivity contribution in [2.24, 2.45) is 0 Å². The number of nitrogens with zero attached hydrogens (tertiary/aromatic N) is 1. The maximum atomic E-state index is 13.3. The van der Waals surface area contributed by atoms with E-state index in [9.17, 15) is 9.18 Å². The molecule has 1 amide bonds. The average molecular weight is 407 g/mol. The van der Waals surface area contributed by atoms with Gasteiger partial charge >= 0.3 is 0 Å². The van der Waals surface area contributed by atoms with E-state index in [4.69, 9.17) is 21.1 Å². The van der Waals surface area contributed by atoms with E-state index < -0.39 is 5.82 Å². The zero-order chi connectivity index (χ0) is 19.6. The van der Waals surface area contributed by atoms with E-state index in [0.29, 0.717) is 32.8 Å². The third-order valence-electron chi connectivity index (χ3n) is 3.81. The fourth-order valence-electron chi connectivity index (χ4n) is 2.46. The Hall–Kier alpha value is -2.64. The highest BCUT2D eigenvalue weighted by Crippen LogP contribution is 2.35. The van der Waals surface area contributed by atoms with Crippen LogP contribution in [0.15, 0.2) is 36.4 Å². The van der Waals surface area contributed by atoms with Crippen LogP contribution in [0.3, 0.4) is 0 Å². The molecule has 0 saturated heterocycles. The Morgan fingerprint density at radius 1 is 1.15 bits per heavy atom. The zero-order valence-electron chi connectivity index (χ0n) is 14.8. The van der Waals surface area contributed by atoms with Crippen LogP contribution in [-0.2, 0) is 0 Å². The van der Waals surface area contributed by atoms with E-state index in [1.54, 1.807) is 33.3 Å². The first-order valence-electron chi connectivity index (χ1n) is 7.89. The number of carbonyl (C=O) groups is 1. The van der Waals surface area contributed by atoms with Gasteiger partial charge in [-0.05, 0) is 43.3 Å². The molecule has 0 aliphatic rings. The molecule has 5 nitrogen and oxygen atoms in total. The minimum Gasteiger partial charge on any atom is -0.493 e. The summed E-state index contributed by atoms with van der Waals surface area (Å²) in [6, 6.07) is 9.45. The fourth-order valence-corrected chi connectivity index (χ4v) is 3.60. The number of amides is 1. The van der Waals surface area contributed by atoms with Crippen LogP contribution < -0.4 is 14.8 Å². The van der Waals surface area contributed by atoms with Crippen molar-refractivity contribution in [3.8, 4) is 22.1 Å². The molecule has 1 N–H and O–H groups in total. The second-order valence-corrected chi connectivity index (χ2v) is 6.99. The molecule has 0 aliphatic carbocycles. The van der Waals surface area contributed by atoms with Gasteiger partial charge in [-0.15, -0.1) is 11.3 Å². The van der Waals surface area contributed by atoms with Crippen LogP contribution in [0.2, 0.25) is 5.02 Å². The minimum atomic E-state index is -0.542. The summed E-state index contributed by atoms with van der Waals surface area (Å²) in [7, 11) is 3.12. The van der Waals surface area contributed by atoms with Gasteiger partial charge in [0.2, 0.25) is 0 Å². The van der Waals surface area contributed by atoms with Crippen molar-refractivity contribution in [2.45, 2.75) is 6.92 Å². The molecule has 8 heteroatoms. The lowest BCUT2D eigenvalue weighted by molar-refractivity contribution is 0.103. The molecule has 0 spiro atoms. The van der Waals surface area contributed by atoms with Crippen LogP contribution in [0.5, 0.6) is 11.5 Å². The van der Waals surface area contributed by atoms with E-state index in [-0.39, 0.29) is 10.9 Å². The van der Waals surface area contributed by atoms with Gasteiger partial charge in [-0.1, -0.05) is 11.6 Å². The molecule has 140 valence electrons. The quantitative estimate of drug-likeness (QED) is 0.634. The molecule has 27 heavy (non-hydrogen) atoms. The second-order valence-electron chi connectivity index (χ2n) is 5.59. The second kappa shape index (κ2) is 7.94. The number of hydrogen-bond donors (Lipinski definition) is 1. The largest absolute Gasteiger partial charge is 0.493 e. The highest BCUT2D eigenvalue weighted by atomic mass is 35.5. The highest BCUT2D eigenvalue weighted by Gasteiger charge is 2.18. The van der Waals surface area contributed by atoms with Crippen molar-refractivity contribution < 1.29 is 18.7 Å². The number of aromatic nitrogens is 1. The standard InChI is InChI=1S/C19H16ClFN2O3S/c1-10-17(18(24)23-12-5-6-14(21)13(20)9-12)27-19(22-10)11-4-7-15(25-2)16(8-11)26-3/h4-9H,1-3H3,(H,23,24). The Balaban J connectivity index is 1.87. The maximum absolute atomic E-state index is 13.3. The number of anilines is 1. The summed E-state index contributed by atoms with van der Waals surface area (Å²) in [6.07, 6.45) is 0. The van der Waals surface area contributed by atoms with E-state index in [2.05, 4.69) is 10.3 Å². The van der Waals surface area contributed by atoms with Gasteiger partial charge in [-0.3, -0.25) is 4.79 Å². The first-order chi connectivity index (χ1) is 12.9. The molecule has 0 atom stereocenters. The van der Waals surface area contributed by atoms with Crippen LogP contribution in [0, 0.1) is 12.7 Å². The molecule has 3 rings (SSSR count). The van der Waals surface area contributed by atoms with Crippen LogP contribution in [0.25, 0.3) is 10.6 Å². The summed E-state index contributed by atoms with van der Waals surface area (Å²) < 4.78 is 23.8. The van der Waals surface area contributed by atoms with Crippen LogP contribution in [0.1, 0.15) is 15.4 Å². The normalized spacial score (nSPS) is 10.6. The number of aryl methyl sites for hydroxylation is 1. The number of carbonyl (C=O) groups excluding carboxylic acids is 1. The van der Waals surface area contributed by atoms with Crippen molar-refractivity contribution in [1.29, 1.82) is 0 Å². The monoisotopic (exact) mass is 406 g/mol. The number of nitrogens with one attached hydrogen (secondary N) is 1. The van der Waals surface area contributed by atoms with Crippen molar-refractivity contribution in [1.82, 2.24) is 4.98 Å². The Morgan fingerprint density at radius 3 is 2.56 bits per heavy atom. The highest BCUT2D eigenvalue weighted by molar-refractivity contribution is 7.17. The molecule has 0 radical (unpaired) electrons. The SMILES string of the molecule is COc1ccc(-c2nc(C)c(C(=O)Nc3ccc(F)c(Cl)c3)s2)cc1OC. The predicted molar refractivity (Wildman–Crippen MR) is 105 cm³/mol. The Morgan fingerprint density at radius 2 is 1.89 bits per heavy atom. The topological polar surface area (TPSA) is 60.5 Å². The number of methoxy groups -OCH3 is 2. The van der Waals surface area contributed by atoms with E-state index in [1.165, 1.54) is 29.5 Å². The molecule has 3 aromatic rings. The Labute approximate surface area is 164 Å². The third kappa shape index (κ3) is 4.04. The average Bonchev–Trinajstić information content (AvgIpc) is 3.06. The molecule has 1 aromatic heterocycles. The lowest BCUT2D eigenvalue weighted by atomic mass is 10.2. The van der Waals surface area contributed by atoms with Gasteiger partial charge in [0.15, 0.2) is 11.5 Å². The van der Waals surface area contributed by atoms with Gasteiger partial charge < -0.3 is 14.8 Å². The number of rotatable bonds is 5. The van der Waals surface area contributed by atoms with Gasteiger partial charge in [-0.25, -0.2) is 9.37 Å². The first kappa shape index (κ1) is 19.1. The molecule has 0 unspecified atom stereocenters. The zero-order valence-corrected chi connectivity index (χ0v) is 16.4. The molecule has 2 aromatic carbocycles.